The lowest BCUT2D eigenvalue weighted by molar-refractivity contribution is -0.140. The maximum atomic E-state index is 13.4. The third-order valence-electron chi connectivity index (χ3n) is 7.31. The molecule has 1 aliphatic rings. The number of carboxylic acids is 1. The van der Waals surface area contributed by atoms with E-state index in [-0.39, 0.29) is 33.3 Å². The molecule has 1 atom stereocenters. The summed E-state index contributed by atoms with van der Waals surface area (Å²) in [5.41, 5.74) is -0.526. The number of fused-ring (bicyclic) bond motifs is 1. The lowest BCUT2D eigenvalue weighted by atomic mass is 9.97. The van der Waals surface area contributed by atoms with E-state index in [4.69, 9.17) is 0 Å². The molecule has 1 fully saturated rings. The molecule has 0 saturated carbocycles. The summed E-state index contributed by atoms with van der Waals surface area (Å²) in [7, 11) is 2.04. The molecule has 1 aliphatic heterocycles. The predicted octanol–water partition coefficient (Wildman–Crippen LogP) is 5.39. The van der Waals surface area contributed by atoms with Crippen LogP contribution in [0.1, 0.15) is 35.8 Å². The number of carbonyl (C=O) groups excluding carboxylic acids is 1. The van der Waals surface area contributed by atoms with Gasteiger partial charge in [-0.3, -0.25) is 10.1 Å². The number of benzene rings is 1. The molecule has 4 aromatic rings. The van der Waals surface area contributed by atoms with Crippen molar-refractivity contribution in [1.82, 2.24) is 24.8 Å². The number of pyridine rings is 2. The summed E-state index contributed by atoms with van der Waals surface area (Å²) in [6.45, 7) is 4.43. The predicted molar refractivity (Wildman–Crippen MR) is 157 cm³/mol. The van der Waals surface area contributed by atoms with E-state index in [1.54, 1.807) is 23.6 Å². The molecule has 1 unspecified atom stereocenters. The first-order valence-corrected chi connectivity index (χ1v) is 14.5. The summed E-state index contributed by atoms with van der Waals surface area (Å²) < 4.78 is 42.0. The number of amides is 2. The maximum Gasteiger partial charge on any atom is 0.434 e. The highest BCUT2D eigenvalue weighted by Gasteiger charge is 2.34. The van der Waals surface area contributed by atoms with Gasteiger partial charge in [0.1, 0.15) is 16.4 Å². The van der Waals surface area contributed by atoms with Crippen LogP contribution in [0.4, 0.5) is 23.8 Å². The molecular weight excluding hydrogens is 585 g/mol. The Morgan fingerprint density at radius 1 is 1.21 bits per heavy atom. The fourth-order valence-electron chi connectivity index (χ4n) is 5.35. The molecule has 4 heterocycles. The number of urea groups is 1. The first-order valence-electron chi connectivity index (χ1n) is 13.6. The van der Waals surface area contributed by atoms with Crippen LogP contribution in [0.5, 0.6) is 0 Å². The van der Waals surface area contributed by atoms with Gasteiger partial charge in [0.2, 0.25) is 5.43 Å². The molecule has 2 amide bonds. The first-order chi connectivity index (χ1) is 20.4. The molecule has 10 nitrogen and oxygen atoms in total. The number of aromatic nitrogens is 3. The molecule has 226 valence electrons. The second-order valence-corrected chi connectivity index (χ2v) is 11.3. The monoisotopic (exact) mass is 614 g/mol. The number of hydrogen-bond donors (Lipinski definition) is 3. The second-order valence-electron chi connectivity index (χ2n) is 10.5. The molecule has 0 spiro atoms. The molecule has 0 bridgehead atoms. The fourth-order valence-corrected chi connectivity index (χ4v) is 6.20. The molecule has 3 N–H and O–H groups in total. The number of rotatable bonds is 7. The van der Waals surface area contributed by atoms with Crippen molar-refractivity contribution >= 4 is 40.1 Å². The van der Waals surface area contributed by atoms with Gasteiger partial charge in [0.15, 0.2) is 5.69 Å². The van der Waals surface area contributed by atoms with Gasteiger partial charge in [-0.1, -0.05) is 6.07 Å². The Morgan fingerprint density at radius 3 is 2.67 bits per heavy atom. The van der Waals surface area contributed by atoms with Crippen LogP contribution < -0.4 is 16.1 Å². The standard InChI is InChI=1S/C29H29F3N6O4S/c1-3-33-28(42)36-24-10-18(26-35-23(15-43-26)29(30,31)32)20(11-34-24)17-6-7-22-19(9-17)25(39)21(27(40)41)14-38(22)13-16-5-4-8-37(2)12-16/h6-7,9-11,14-16H,3-5,8,12-13H2,1-2H3,(H,40,41)(H2,33,34,36,42). The summed E-state index contributed by atoms with van der Waals surface area (Å²) in [6.07, 6.45) is 0.0908. The minimum absolute atomic E-state index is 0.0295. The van der Waals surface area contributed by atoms with E-state index in [1.165, 1.54) is 24.5 Å². The quantitative estimate of drug-likeness (QED) is 0.255. The van der Waals surface area contributed by atoms with Gasteiger partial charge in [-0.05, 0) is 63.0 Å². The SMILES string of the molecule is CCNC(=O)Nc1cc(-c2nc(C(F)(F)F)cs2)c(-c2ccc3c(c2)c(=O)c(C(=O)O)cn3CC2CCCN(C)C2)cn1. The van der Waals surface area contributed by atoms with Crippen molar-refractivity contribution in [3.05, 3.63) is 63.5 Å². The average Bonchev–Trinajstić information content (AvgIpc) is 3.46. The zero-order valence-corrected chi connectivity index (χ0v) is 24.2. The van der Waals surface area contributed by atoms with Gasteiger partial charge in [0.05, 0.1) is 5.52 Å². The highest BCUT2D eigenvalue weighted by Crippen LogP contribution is 2.39. The van der Waals surface area contributed by atoms with Gasteiger partial charge < -0.3 is 19.9 Å². The van der Waals surface area contributed by atoms with Gasteiger partial charge >= 0.3 is 18.2 Å². The van der Waals surface area contributed by atoms with Crippen LogP contribution in [-0.4, -0.2) is 63.2 Å². The van der Waals surface area contributed by atoms with Crippen molar-refractivity contribution in [3.63, 3.8) is 0 Å². The van der Waals surface area contributed by atoms with E-state index >= 15 is 0 Å². The number of halogens is 3. The molecule has 1 saturated heterocycles. The van der Waals surface area contributed by atoms with Crippen molar-refractivity contribution in [2.24, 2.45) is 5.92 Å². The lowest BCUT2D eigenvalue weighted by Gasteiger charge is -2.30. The van der Waals surface area contributed by atoms with Crippen molar-refractivity contribution in [3.8, 4) is 21.7 Å². The smallest absolute Gasteiger partial charge is 0.434 e. The number of carboxylic acid groups (broad SMARTS) is 1. The van der Waals surface area contributed by atoms with Gasteiger partial charge in [-0.25, -0.2) is 19.6 Å². The largest absolute Gasteiger partial charge is 0.477 e. The average molecular weight is 615 g/mol. The van der Waals surface area contributed by atoms with Crippen molar-refractivity contribution in [2.75, 3.05) is 32.0 Å². The van der Waals surface area contributed by atoms with Crippen LogP contribution in [0.3, 0.4) is 0 Å². The van der Waals surface area contributed by atoms with Gasteiger partial charge in [-0.15, -0.1) is 11.3 Å². The number of nitrogens with zero attached hydrogens (tertiary/aromatic N) is 4. The van der Waals surface area contributed by atoms with E-state index in [0.717, 1.165) is 42.6 Å². The summed E-state index contributed by atoms with van der Waals surface area (Å²) in [4.78, 5) is 47.8. The van der Waals surface area contributed by atoms with Crippen LogP contribution in [0.2, 0.25) is 0 Å². The summed E-state index contributed by atoms with van der Waals surface area (Å²) >= 11 is 0.777. The third-order valence-corrected chi connectivity index (χ3v) is 8.18. The summed E-state index contributed by atoms with van der Waals surface area (Å²) in [5, 5.41) is 16.0. The number of likely N-dealkylation sites (tertiary alicyclic amines) is 1. The molecule has 0 aliphatic carbocycles. The lowest BCUT2D eigenvalue weighted by Crippen LogP contribution is -2.34. The topological polar surface area (TPSA) is 129 Å². The van der Waals surface area contributed by atoms with Crippen LogP contribution >= 0.6 is 11.3 Å². The van der Waals surface area contributed by atoms with E-state index in [2.05, 4.69) is 25.5 Å². The number of thiazole rings is 1. The molecule has 1 aromatic carbocycles. The van der Waals surface area contributed by atoms with Crippen LogP contribution in [0, 0.1) is 5.92 Å². The van der Waals surface area contributed by atoms with E-state index in [0.29, 0.717) is 29.7 Å². The first kappa shape index (κ1) is 30.2. The van der Waals surface area contributed by atoms with Gasteiger partial charge in [-0.2, -0.15) is 13.2 Å². The summed E-state index contributed by atoms with van der Waals surface area (Å²) in [6, 6.07) is 5.82. The van der Waals surface area contributed by atoms with Crippen molar-refractivity contribution < 1.29 is 27.9 Å². The van der Waals surface area contributed by atoms with Crippen molar-refractivity contribution in [1.29, 1.82) is 0 Å². The fraction of sp³-hybridized carbons (Fsp3) is 0.345. The Morgan fingerprint density at radius 2 is 2.00 bits per heavy atom. The molecule has 0 radical (unpaired) electrons. The zero-order valence-electron chi connectivity index (χ0n) is 23.4. The normalized spacial score (nSPS) is 15.9. The number of piperidine rings is 1. The van der Waals surface area contributed by atoms with E-state index in [1.807, 2.05) is 7.05 Å². The van der Waals surface area contributed by atoms with Gasteiger partial charge in [0.25, 0.3) is 0 Å². The van der Waals surface area contributed by atoms with Crippen LogP contribution in [0.25, 0.3) is 32.6 Å². The summed E-state index contributed by atoms with van der Waals surface area (Å²) in [5.74, 6) is -1.00. The van der Waals surface area contributed by atoms with Gasteiger partial charge in [0, 0.05) is 53.9 Å². The second kappa shape index (κ2) is 12.1. The molecular formula is C29H29F3N6O4S. The highest BCUT2D eigenvalue weighted by molar-refractivity contribution is 7.13. The third kappa shape index (κ3) is 6.54. The number of alkyl halides is 3. The minimum Gasteiger partial charge on any atom is -0.477 e. The van der Waals surface area contributed by atoms with Crippen LogP contribution in [0.15, 0.2) is 46.8 Å². The Labute approximate surface area is 248 Å². The maximum absolute atomic E-state index is 13.4. The highest BCUT2D eigenvalue weighted by atomic mass is 32.1. The number of carbonyl (C=O) groups is 2. The van der Waals surface area contributed by atoms with E-state index in [9.17, 15) is 32.7 Å². The number of hydrogen-bond acceptors (Lipinski definition) is 7. The van der Waals surface area contributed by atoms with E-state index < -0.39 is 29.3 Å². The van der Waals surface area contributed by atoms with Crippen LogP contribution in [-0.2, 0) is 12.7 Å². The Bertz CT molecular complexity index is 1750. The Kier molecular flexibility index (Phi) is 8.51. The number of anilines is 1. The Balaban J connectivity index is 1.64. The Hall–Kier alpha value is -4.30. The molecule has 14 heteroatoms. The molecule has 3 aromatic heterocycles. The van der Waals surface area contributed by atoms with Crippen molar-refractivity contribution in [2.45, 2.75) is 32.5 Å². The number of aromatic carboxylic acids is 1. The molecule has 43 heavy (non-hydrogen) atoms. The number of nitrogens with one attached hydrogen (secondary N) is 2. The minimum atomic E-state index is -4.65. The molecule has 5 rings (SSSR count). The zero-order chi connectivity index (χ0) is 30.9.